The standard InChI is InChI=1S/C17H24N6O2S/c1-17(6-4-9-25-17)14-20-21-16(22(14)2)23-8-3-5-12(11-23)13(24)19-15-18-7-10-26-15/h7,10,12H,3-6,8-9,11H2,1-2H3,(H,18,19,24). The number of carbonyl (C=O) groups is 1. The molecule has 9 heteroatoms. The molecule has 2 aromatic heterocycles. The number of ether oxygens (including phenoxy) is 1. The predicted molar refractivity (Wildman–Crippen MR) is 99.2 cm³/mol. The monoisotopic (exact) mass is 376 g/mol. The van der Waals surface area contributed by atoms with Crippen molar-refractivity contribution in [3.8, 4) is 0 Å². The van der Waals surface area contributed by atoms with Crippen LogP contribution in [0.5, 0.6) is 0 Å². The highest BCUT2D eigenvalue weighted by molar-refractivity contribution is 7.13. The van der Waals surface area contributed by atoms with Gasteiger partial charge in [-0.3, -0.25) is 9.36 Å². The van der Waals surface area contributed by atoms with Crippen LogP contribution in [0.1, 0.15) is 38.4 Å². The number of aromatic nitrogens is 4. The molecule has 2 atom stereocenters. The first-order valence-corrected chi connectivity index (χ1v) is 9.94. The molecule has 140 valence electrons. The number of thiazole rings is 1. The first kappa shape index (κ1) is 17.4. The maximum absolute atomic E-state index is 12.6. The summed E-state index contributed by atoms with van der Waals surface area (Å²) in [5, 5.41) is 14.3. The van der Waals surface area contributed by atoms with Gasteiger partial charge in [0.15, 0.2) is 11.0 Å². The second kappa shape index (κ2) is 6.96. The molecule has 2 saturated heterocycles. The van der Waals surface area contributed by atoms with Crippen molar-refractivity contribution in [1.82, 2.24) is 19.7 Å². The molecule has 0 aliphatic carbocycles. The van der Waals surface area contributed by atoms with Gasteiger partial charge in [0.05, 0.1) is 5.92 Å². The Kier molecular flexibility index (Phi) is 4.66. The molecule has 0 saturated carbocycles. The molecule has 2 fully saturated rings. The fraction of sp³-hybridized carbons (Fsp3) is 0.647. The number of nitrogens with zero attached hydrogens (tertiary/aromatic N) is 5. The van der Waals surface area contributed by atoms with Gasteiger partial charge in [-0.05, 0) is 32.6 Å². The minimum Gasteiger partial charge on any atom is -0.367 e. The number of amides is 1. The Morgan fingerprint density at radius 3 is 3.04 bits per heavy atom. The second-order valence-electron chi connectivity index (χ2n) is 7.18. The normalized spacial score (nSPS) is 26.2. The van der Waals surface area contributed by atoms with Crippen LogP contribution in [-0.4, -0.2) is 45.4 Å². The van der Waals surface area contributed by atoms with Crippen LogP contribution >= 0.6 is 11.3 Å². The summed E-state index contributed by atoms with van der Waals surface area (Å²) < 4.78 is 7.93. The molecule has 1 N–H and O–H groups in total. The number of piperidine rings is 1. The van der Waals surface area contributed by atoms with Crippen LogP contribution in [0.25, 0.3) is 0 Å². The third-order valence-electron chi connectivity index (χ3n) is 5.28. The van der Waals surface area contributed by atoms with Gasteiger partial charge in [-0.1, -0.05) is 0 Å². The molecule has 4 rings (SSSR count). The van der Waals surface area contributed by atoms with Crippen LogP contribution in [0.3, 0.4) is 0 Å². The van der Waals surface area contributed by atoms with E-state index in [0.717, 1.165) is 50.6 Å². The topological polar surface area (TPSA) is 85.2 Å². The van der Waals surface area contributed by atoms with Crippen molar-refractivity contribution in [2.75, 3.05) is 29.9 Å². The Bertz CT molecular complexity index is 768. The van der Waals surface area contributed by atoms with Crippen molar-refractivity contribution >= 4 is 28.3 Å². The van der Waals surface area contributed by atoms with E-state index in [9.17, 15) is 4.79 Å². The smallest absolute Gasteiger partial charge is 0.231 e. The van der Waals surface area contributed by atoms with Crippen molar-refractivity contribution in [3.05, 3.63) is 17.4 Å². The van der Waals surface area contributed by atoms with Crippen molar-refractivity contribution in [2.45, 2.75) is 38.2 Å². The quantitative estimate of drug-likeness (QED) is 0.880. The third-order valence-corrected chi connectivity index (χ3v) is 5.97. The van der Waals surface area contributed by atoms with Crippen LogP contribution in [0.4, 0.5) is 11.1 Å². The van der Waals surface area contributed by atoms with Crippen molar-refractivity contribution in [1.29, 1.82) is 0 Å². The number of anilines is 2. The summed E-state index contributed by atoms with van der Waals surface area (Å²) >= 11 is 1.43. The molecule has 2 aromatic rings. The molecule has 2 unspecified atom stereocenters. The van der Waals surface area contributed by atoms with Crippen molar-refractivity contribution < 1.29 is 9.53 Å². The zero-order valence-corrected chi connectivity index (χ0v) is 16.0. The average Bonchev–Trinajstić information content (AvgIpc) is 3.37. The highest BCUT2D eigenvalue weighted by Gasteiger charge is 2.38. The van der Waals surface area contributed by atoms with Gasteiger partial charge in [-0.25, -0.2) is 4.98 Å². The van der Waals surface area contributed by atoms with Gasteiger partial charge in [-0.15, -0.1) is 21.5 Å². The summed E-state index contributed by atoms with van der Waals surface area (Å²) in [5.41, 5.74) is -0.364. The molecule has 0 aromatic carbocycles. The van der Waals surface area contributed by atoms with Gasteiger partial charge >= 0.3 is 0 Å². The molecule has 2 aliphatic rings. The van der Waals surface area contributed by atoms with Gasteiger partial charge in [0, 0.05) is 38.3 Å². The molecule has 2 aliphatic heterocycles. The number of hydrogen-bond acceptors (Lipinski definition) is 7. The highest BCUT2D eigenvalue weighted by Crippen LogP contribution is 2.35. The first-order chi connectivity index (χ1) is 12.6. The number of nitrogens with one attached hydrogen (secondary N) is 1. The van der Waals surface area contributed by atoms with E-state index in [1.807, 2.05) is 17.0 Å². The molecule has 26 heavy (non-hydrogen) atoms. The van der Waals surface area contributed by atoms with E-state index in [0.29, 0.717) is 11.7 Å². The molecule has 1 amide bonds. The van der Waals surface area contributed by atoms with E-state index in [1.54, 1.807) is 6.20 Å². The van der Waals surface area contributed by atoms with E-state index < -0.39 is 0 Å². The zero-order chi connectivity index (χ0) is 18.1. The first-order valence-electron chi connectivity index (χ1n) is 9.06. The van der Waals surface area contributed by atoms with Crippen molar-refractivity contribution in [2.24, 2.45) is 13.0 Å². The fourth-order valence-electron chi connectivity index (χ4n) is 3.88. The number of hydrogen-bond donors (Lipinski definition) is 1. The third kappa shape index (κ3) is 3.21. The summed E-state index contributed by atoms with van der Waals surface area (Å²) in [7, 11) is 1.98. The Balaban J connectivity index is 1.48. The minimum atomic E-state index is -0.364. The largest absolute Gasteiger partial charge is 0.367 e. The zero-order valence-electron chi connectivity index (χ0n) is 15.1. The maximum atomic E-state index is 12.6. The lowest BCUT2D eigenvalue weighted by atomic mass is 9.97. The van der Waals surface area contributed by atoms with E-state index in [4.69, 9.17) is 4.74 Å². The summed E-state index contributed by atoms with van der Waals surface area (Å²) in [6.45, 7) is 4.36. The highest BCUT2D eigenvalue weighted by atomic mass is 32.1. The van der Waals surface area contributed by atoms with Gasteiger partial charge in [-0.2, -0.15) is 0 Å². The predicted octanol–water partition coefficient (Wildman–Crippen LogP) is 2.15. The summed E-state index contributed by atoms with van der Waals surface area (Å²) in [6, 6.07) is 0. The SMILES string of the molecule is Cn1c(N2CCCC(C(=O)Nc3nccs3)C2)nnc1C1(C)CCCO1. The van der Waals surface area contributed by atoms with Crippen LogP contribution in [0, 0.1) is 5.92 Å². The average molecular weight is 376 g/mol. The Hall–Kier alpha value is -2.00. The molecule has 4 heterocycles. The fourth-order valence-corrected chi connectivity index (χ4v) is 4.41. The molecule has 0 bridgehead atoms. The van der Waals surface area contributed by atoms with Crippen LogP contribution in [0.2, 0.25) is 0 Å². The van der Waals surface area contributed by atoms with Gasteiger partial charge in [0.2, 0.25) is 11.9 Å². The number of carbonyl (C=O) groups excluding carboxylic acids is 1. The van der Waals surface area contributed by atoms with E-state index in [1.165, 1.54) is 11.3 Å². The second-order valence-corrected chi connectivity index (χ2v) is 8.07. The van der Waals surface area contributed by atoms with Crippen LogP contribution in [0.15, 0.2) is 11.6 Å². The molecular formula is C17H24N6O2S. The summed E-state index contributed by atoms with van der Waals surface area (Å²) in [5.74, 6) is 1.62. The van der Waals surface area contributed by atoms with E-state index in [-0.39, 0.29) is 17.4 Å². The van der Waals surface area contributed by atoms with E-state index in [2.05, 4.69) is 32.3 Å². The summed E-state index contributed by atoms with van der Waals surface area (Å²) in [6.07, 6.45) is 5.52. The molecule has 0 radical (unpaired) electrons. The van der Waals surface area contributed by atoms with E-state index >= 15 is 0 Å². The van der Waals surface area contributed by atoms with Gasteiger partial charge < -0.3 is 15.0 Å². The maximum Gasteiger partial charge on any atom is 0.231 e. The van der Waals surface area contributed by atoms with Gasteiger partial charge in [0.25, 0.3) is 0 Å². The molecule has 8 nitrogen and oxygen atoms in total. The Morgan fingerprint density at radius 1 is 1.42 bits per heavy atom. The Morgan fingerprint density at radius 2 is 2.31 bits per heavy atom. The lowest BCUT2D eigenvalue weighted by Crippen LogP contribution is -2.42. The van der Waals surface area contributed by atoms with Crippen LogP contribution in [-0.2, 0) is 22.2 Å². The molecule has 0 spiro atoms. The summed E-state index contributed by atoms with van der Waals surface area (Å²) in [4.78, 5) is 18.8. The number of rotatable bonds is 4. The molecular weight excluding hydrogens is 352 g/mol. The van der Waals surface area contributed by atoms with Crippen molar-refractivity contribution in [3.63, 3.8) is 0 Å². The Labute approximate surface area is 156 Å². The lowest BCUT2D eigenvalue weighted by Gasteiger charge is -2.32. The van der Waals surface area contributed by atoms with Crippen LogP contribution < -0.4 is 10.2 Å². The lowest BCUT2D eigenvalue weighted by molar-refractivity contribution is -0.120. The van der Waals surface area contributed by atoms with Gasteiger partial charge in [0.1, 0.15) is 5.60 Å². The minimum absolute atomic E-state index is 0.0260.